The number of aryl methyl sites for hydroxylation is 1. The third-order valence-corrected chi connectivity index (χ3v) is 6.21. The summed E-state index contributed by atoms with van der Waals surface area (Å²) in [5.41, 5.74) is 3.65. The lowest BCUT2D eigenvalue weighted by atomic mass is 10.00. The summed E-state index contributed by atoms with van der Waals surface area (Å²) in [7, 11) is 6.75. The van der Waals surface area contributed by atoms with Crippen molar-refractivity contribution in [2.24, 2.45) is 7.05 Å². The Kier molecular flexibility index (Phi) is 7.21. The molecule has 0 fully saturated rings. The molecule has 0 radical (unpaired) electrons. The Morgan fingerprint density at radius 2 is 1.88 bits per heavy atom. The molecule has 2 aromatic carbocycles. The highest BCUT2D eigenvalue weighted by Crippen LogP contribution is 2.36. The first kappa shape index (κ1) is 23.8. The number of hydrogen-bond donors (Lipinski definition) is 2. The number of methoxy groups -OCH3 is 1. The largest absolute Gasteiger partial charge is 0.496 e. The van der Waals surface area contributed by atoms with Gasteiger partial charge in [0.2, 0.25) is 0 Å². The highest BCUT2D eigenvalue weighted by atomic mass is 35.5. The smallest absolute Gasteiger partial charge is 0.335 e. The molecule has 1 heterocycles. The Morgan fingerprint density at radius 1 is 1.16 bits per heavy atom. The van der Waals surface area contributed by atoms with Crippen LogP contribution in [0.1, 0.15) is 27.0 Å². The normalized spacial score (nSPS) is 10.9. The summed E-state index contributed by atoms with van der Waals surface area (Å²) in [4.78, 5) is 24.5. The quantitative estimate of drug-likeness (QED) is 0.520. The number of ether oxygens (including phenoxy) is 1. The van der Waals surface area contributed by atoms with Gasteiger partial charge in [-0.1, -0.05) is 29.3 Å². The van der Waals surface area contributed by atoms with E-state index >= 15 is 0 Å². The molecule has 3 aromatic rings. The van der Waals surface area contributed by atoms with Crippen molar-refractivity contribution in [3.05, 3.63) is 62.8 Å². The van der Waals surface area contributed by atoms with Gasteiger partial charge in [0.05, 0.1) is 18.2 Å². The van der Waals surface area contributed by atoms with Crippen LogP contribution in [0.2, 0.25) is 10.2 Å². The second-order valence-corrected chi connectivity index (χ2v) is 8.44. The molecule has 0 aliphatic heterocycles. The predicted molar refractivity (Wildman–Crippen MR) is 126 cm³/mol. The number of carbonyl (C=O) groups is 2. The summed E-state index contributed by atoms with van der Waals surface area (Å²) in [6.07, 6.45) is 1.02. The van der Waals surface area contributed by atoms with Crippen molar-refractivity contribution in [2.45, 2.75) is 12.8 Å². The molecule has 1 aromatic heterocycles. The molecule has 7 nitrogen and oxygen atoms in total. The molecule has 0 unspecified atom stereocenters. The Bertz CT molecular complexity index is 1190. The maximum absolute atomic E-state index is 11.8. The van der Waals surface area contributed by atoms with Crippen LogP contribution in [0.3, 0.4) is 0 Å². The summed E-state index contributed by atoms with van der Waals surface area (Å²) < 4.78 is 7.30. The first-order valence-corrected chi connectivity index (χ1v) is 10.7. The number of hydrogen-bond acceptors (Lipinski definition) is 3. The molecule has 2 N–H and O–H groups in total. The summed E-state index contributed by atoms with van der Waals surface area (Å²) >= 11 is 13.2. The minimum Gasteiger partial charge on any atom is -0.496 e. The van der Waals surface area contributed by atoms with Crippen molar-refractivity contribution in [3.63, 3.8) is 0 Å². The predicted octanol–water partition coefficient (Wildman–Crippen LogP) is 4.60. The lowest BCUT2D eigenvalue weighted by Crippen LogP contribution is -2.35. The van der Waals surface area contributed by atoms with Gasteiger partial charge in [-0.3, -0.25) is 0 Å². The molecule has 0 saturated carbocycles. The number of aromatic carboxylic acids is 1. The van der Waals surface area contributed by atoms with Crippen molar-refractivity contribution in [1.82, 2.24) is 14.8 Å². The number of aromatic nitrogens is 1. The lowest BCUT2D eigenvalue weighted by Gasteiger charge is -2.13. The van der Waals surface area contributed by atoms with Gasteiger partial charge in [-0.2, -0.15) is 0 Å². The van der Waals surface area contributed by atoms with Gasteiger partial charge in [0.15, 0.2) is 0 Å². The molecule has 0 aliphatic carbocycles. The van der Waals surface area contributed by atoms with Gasteiger partial charge < -0.3 is 24.6 Å². The van der Waals surface area contributed by atoms with Crippen molar-refractivity contribution < 1.29 is 19.4 Å². The molecule has 0 atom stereocenters. The van der Waals surface area contributed by atoms with Crippen LogP contribution in [0.15, 0.2) is 30.3 Å². The number of benzene rings is 2. The fourth-order valence-electron chi connectivity index (χ4n) is 3.58. The van der Waals surface area contributed by atoms with Crippen LogP contribution < -0.4 is 10.1 Å². The second kappa shape index (κ2) is 9.71. The Hall–Kier alpha value is -2.90. The number of rotatable bonds is 7. The molecule has 0 saturated heterocycles. The summed E-state index contributed by atoms with van der Waals surface area (Å²) in [5.74, 6) is -0.530. The molecule has 0 bridgehead atoms. The molecular weight excluding hydrogens is 453 g/mol. The van der Waals surface area contributed by atoms with Crippen LogP contribution in [0.5, 0.6) is 5.75 Å². The number of urea groups is 1. The van der Waals surface area contributed by atoms with Crippen LogP contribution in [0.4, 0.5) is 4.79 Å². The number of carboxylic acids is 1. The van der Waals surface area contributed by atoms with Gasteiger partial charge in [0.1, 0.15) is 10.9 Å². The van der Waals surface area contributed by atoms with Crippen molar-refractivity contribution in [1.29, 1.82) is 0 Å². The van der Waals surface area contributed by atoms with E-state index in [1.807, 2.05) is 23.7 Å². The topological polar surface area (TPSA) is 83.8 Å². The Morgan fingerprint density at radius 3 is 2.50 bits per heavy atom. The SMILES string of the molecule is COc1cc(C(=O)O)ccc1Cc1c(Cl)n(C)c2cc(Cl)c(CCNC(=O)N(C)C)cc12. The van der Waals surface area contributed by atoms with Gasteiger partial charge in [-0.15, -0.1) is 0 Å². The number of carbonyl (C=O) groups excluding carboxylic acids is 1. The zero-order valence-electron chi connectivity index (χ0n) is 18.3. The molecule has 9 heteroatoms. The van der Waals surface area contributed by atoms with Gasteiger partial charge >= 0.3 is 12.0 Å². The first-order valence-electron chi connectivity index (χ1n) is 9.94. The average Bonchev–Trinajstić information content (AvgIpc) is 2.98. The molecule has 0 spiro atoms. The zero-order chi connectivity index (χ0) is 23.6. The van der Waals surface area contributed by atoms with Crippen molar-refractivity contribution in [2.75, 3.05) is 27.7 Å². The van der Waals surface area contributed by atoms with Crippen LogP contribution in [-0.2, 0) is 19.9 Å². The van der Waals surface area contributed by atoms with Gasteiger partial charge in [-0.05, 0) is 41.8 Å². The fraction of sp³-hybridized carbons (Fsp3) is 0.304. The first-order chi connectivity index (χ1) is 15.1. The van der Waals surface area contributed by atoms with E-state index in [1.165, 1.54) is 18.1 Å². The molecule has 2 amide bonds. The number of amides is 2. The van der Waals surface area contributed by atoms with Gasteiger partial charge in [0, 0.05) is 50.1 Å². The summed E-state index contributed by atoms with van der Waals surface area (Å²) in [6, 6.07) is 8.51. The summed E-state index contributed by atoms with van der Waals surface area (Å²) in [5, 5.41) is 14.2. The highest BCUT2D eigenvalue weighted by molar-refractivity contribution is 6.33. The number of carboxylic acid groups (broad SMARTS) is 1. The molecule has 32 heavy (non-hydrogen) atoms. The second-order valence-electron chi connectivity index (χ2n) is 7.67. The van der Waals surface area contributed by atoms with E-state index in [9.17, 15) is 14.7 Å². The maximum atomic E-state index is 11.8. The molecule has 170 valence electrons. The van der Waals surface area contributed by atoms with E-state index in [0.717, 1.165) is 27.6 Å². The monoisotopic (exact) mass is 477 g/mol. The number of fused-ring (bicyclic) bond motifs is 1. The van der Waals surface area contributed by atoms with Crippen LogP contribution in [-0.4, -0.2) is 54.3 Å². The van der Waals surface area contributed by atoms with Gasteiger partial charge in [-0.25, -0.2) is 9.59 Å². The molecule has 0 aliphatic rings. The lowest BCUT2D eigenvalue weighted by molar-refractivity contribution is 0.0696. The van der Waals surface area contributed by atoms with E-state index in [4.69, 9.17) is 27.9 Å². The van der Waals surface area contributed by atoms with Crippen molar-refractivity contribution >= 4 is 46.1 Å². The maximum Gasteiger partial charge on any atom is 0.335 e. The van der Waals surface area contributed by atoms with E-state index in [-0.39, 0.29) is 11.6 Å². The average molecular weight is 478 g/mol. The van der Waals surface area contributed by atoms with E-state index < -0.39 is 5.97 Å². The third kappa shape index (κ3) is 4.79. The van der Waals surface area contributed by atoms with E-state index in [2.05, 4.69) is 5.32 Å². The summed E-state index contributed by atoms with van der Waals surface area (Å²) in [6.45, 7) is 0.447. The minimum atomic E-state index is -1.02. The van der Waals surface area contributed by atoms with Gasteiger partial charge in [0.25, 0.3) is 0 Å². The van der Waals surface area contributed by atoms with Crippen molar-refractivity contribution in [3.8, 4) is 5.75 Å². The van der Waals surface area contributed by atoms with Crippen LogP contribution >= 0.6 is 23.2 Å². The molecular formula is C23H25Cl2N3O4. The van der Waals surface area contributed by atoms with Crippen LogP contribution in [0.25, 0.3) is 10.9 Å². The standard InChI is InChI=1S/C23H25Cl2N3O4/c1-27(2)23(31)26-8-7-13-9-16-17(21(25)28(3)19(16)12-18(13)24)10-14-5-6-15(22(29)30)11-20(14)32-4/h5-6,9,11-12H,7-8,10H2,1-4H3,(H,26,31)(H,29,30). The third-order valence-electron chi connectivity index (χ3n) is 5.37. The zero-order valence-corrected chi connectivity index (χ0v) is 19.8. The molecule has 3 rings (SSSR count). The van der Waals surface area contributed by atoms with E-state index in [1.54, 1.807) is 26.2 Å². The van der Waals surface area contributed by atoms with Crippen LogP contribution in [0, 0.1) is 0 Å². The Labute approximate surface area is 196 Å². The highest BCUT2D eigenvalue weighted by Gasteiger charge is 2.19. The minimum absolute atomic E-state index is 0.156. The number of halogens is 2. The van der Waals surface area contributed by atoms with E-state index in [0.29, 0.717) is 35.3 Å². The number of nitrogens with one attached hydrogen (secondary N) is 1. The fourth-order valence-corrected chi connectivity index (χ4v) is 4.09. The number of nitrogens with zero attached hydrogens (tertiary/aromatic N) is 2. The Balaban J connectivity index is 1.98.